The molecule has 114 valence electrons. The molecule has 2 N–H and O–H groups in total. The van der Waals surface area contributed by atoms with E-state index in [1.54, 1.807) is 6.92 Å². The van der Waals surface area contributed by atoms with E-state index >= 15 is 0 Å². The molecular formula is C15H26N2O3. The molecule has 1 aliphatic heterocycles. The van der Waals surface area contributed by atoms with Crippen LogP contribution < -0.4 is 5.32 Å². The lowest BCUT2D eigenvalue weighted by molar-refractivity contribution is -0.150. The molecule has 0 aromatic heterocycles. The van der Waals surface area contributed by atoms with Crippen LogP contribution >= 0.6 is 0 Å². The third-order valence-electron chi connectivity index (χ3n) is 5.89. The minimum atomic E-state index is -1.08. The normalized spacial score (nSPS) is 31.8. The van der Waals surface area contributed by atoms with Crippen molar-refractivity contribution in [1.82, 2.24) is 10.2 Å². The highest BCUT2D eigenvalue weighted by molar-refractivity contribution is 5.86. The summed E-state index contributed by atoms with van der Waals surface area (Å²) in [6.45, 7) is 10.7. The monoisotopic (exact) mass is 282 g/mol. The van der Waals surface area contributed by atoms with Crippen LogP contribution in [0.15, 0.2) is 0 Å². The van der Waals surface area contributed by atoms with Gasteiger partial charge in [0.05, 0.1) is 0 Å². The number of nitrogens with one attached hydrogen (secondary N) is 1. The molecule has 5 nitrogen and oxygen atoms in total. The summed E-state index contributed by atoms with van der Waals surface area (Å²) < 4.78 is 0. The SMILES string of the molecule is CC1(C(=O)O)CCCCN1C(=O)NC1C(C)(C)C1(C)C. The average molecular weight is 282 g/mol. The van der Waals surface area contributed by atoms with Gasteiger partial charge >= 0.3 is 12.0 Å². The fraction of sp³-hybridized carbons (Fsp3) is 0.867. The zero-order valence-corrected chi connectivity index (χ0v) is 13.1. The van der Waals surface area contributed by atoms with E-state index in [-0.39, 0.29) is 22.9 Å². The van der Waals surface area contributed by atoms with E-state index in [4.69, 9.17) is 0 Å². The van der Waals surface area contributed by atoms with Gasteiger partial charge in [-0.2, -0.15) is 0 Å². The summed E-state index contributed by atoms with van der Waals surface area (Å²) in [4.78, 5) is 25.5. The number of urea groups is 1. The molecule has 2 amide bonds. The maximum absolute atomic E-state index is 12.5. The predicted molar refractivity (Wildman–Crippen MR) is 76.5 cm³/mol. The van der Waals surface area contributed by atoms with Gasteiger partial charge in [-0.1, -0.05) is 27.7 Å². The lowest BCUT2D eigenvalue weighted by Crippen LogP contribution is -2.60. The molecule has 1 saturated heterocycles. The molecule has 0 aromatic rings. The van der Waals surface area contributed by atoms with Crippen molar-refractivity contribution in [3.63, 3.8) is 0 Å². The van der Waals surface area contributed by atoms with Crippen molar-refractivity contribution in [2.75, 3.05) is 6.54 Å². The highest BCUT2D eigenvalue weighted by atomic mass is 16.4. The Morgan fingerprint density at radius 3 is 2.10 bits per heavy atom. The number of hydrogen-bond acceptors (Lipinski definition) is 2. The Hall–Kier alpha value is -1.26. The predicted octanol–water partition coefficient (Wildman–Crippen LogP) is 2.46. The number of carboxylic acid groups (broad SMARTS) is 1. The van der Waals surface area contributed by atoms with E-state index in [2.05, 4.69) is 33.0 Å². The Morgan fingerprint density at radius 2 is 1.65 bits per heavy atom. The smallest absolute Gasteiger partial charge is 0.329 e. The zero-order valence-electron chi connectivity index (χ0n) is 13.1. The first-order chi connectivity index (χ1) is 9.05. The summed E-state index contributed by atoms with van der Waals surface area (Å²) in [7, 11) is 0. The Morgan fingerprint density at radius 1 is 1.10 bits per heavy atom. The van der Waals surface area contributed by atoms with Crippen LogP contribution in [-0.2, 0) is 4.79 Å². The molecule has 1 aliphatic carbocycles. The second kappa shape index (κ2) is 4.37. The van der Waals surface area contributed by atoms with Gasteiger partial charge in [-0.05, 0) is 37.0 Å². The van der Waals surface area contributed by atoms with Crippen molar-refractivity contribution >= 4 is 12.0 Å². The molecule has 0 bridgehead atoms. The van der Waals surface area contributed by atoms with Crippen LogP contribution in [0.1, 0.15) is 53.9 Å². The Labute approximate surface area is 120 Å². The number of likely N-dealkylation sites (tertiary alicyclic amines) is 1. The third-order valence-corrected chi connectivity index (χ3v) is 5.89. The summed E-state index contributed by atoms with van der Waals surface area (Å²) in [6, 6.07) is -0.138. The number of carboxylic acids is 1. The number of carbonyl (C=O) groups excluding carboxylic acids is 1. The molecular weight excluding hydrogens is 256 g/mol. The van der Waals surface area contributed by atoms with Crippen molar-refractivity contribution in [1.29, 1.82) is 0 Å². The molecule has 0 radical (unpaired) electrons. The highest BCUT2D eigenvalue weighted by Gasteiger charge is 2.66. The van der Waals surface area contributed by atoms with Gasteiger partial charge in [-0.3, -0.25) is 0 Å². The summed E-state index contributed by atoms with van der Waals surface area (Å²) in [5, 5.41) is 12.5. The lowest BCUT2D eigenvalue weighted by atomic mass is 9.89. The average Bonchev–Trinajstić information content (AvgIpc) is 2.72. The molecule has 0 spiro atoms. The van der Waals surface area contributed by atoms with Crippen molar-refractivity contribution in [3.8, 4) is 0 Å². The minimum absolute atomic E-state index is 0.0536. The minimum Gasteiger partial charge on any atom is -0.480 e. The van der Waals surface area contributed by atoms with Crippen LogP contribution in [0, 0.1) is 10.8 Å². The number of nitrogens with zero attached hydrogens (tertiary/aromatic N) is 1. The van der Waals surface area contributed by atoms with Crippen molar-refractivity contribution in [3.05, 3.63) is 0 Å². The lowest BCUT2D eigenvalue weighted by Gasteiger charge is -2.41. The Balaban J connectivity index is 2.11. The summed E-state index contributed by atoms with van der Waals surface area (Å²) in [5.74, 6) is -0.915. The molecule has 5 heteroatoms. The molecule has 1 unspecified atom stereocenters. The molecule has 0 aromatic carbocycles. The maximum atomic E-state index is 12.5. The van der Waals surface area contributed by atoms with Gasteiger partial charge in [0.15, 0.2) is 0 Å². The fourth-order valence-corrected chi connectivity index (χ4v) is 3.43. The zero-order chi connectivity index (χ0) is 15.3. The molecule has 1 heterocycles. The standard InChI is InChI=1S/C15H26N2O3/c1-13(2)10(14(13,3)4)16-12(20)17-9-7-6-8-15(17,5)11(18)19/h10H,6-9H2,1-5H3,(H,16,20)(H,18,19). The second-order valence-electron chi connectivity index (χ2n) is 7.51. The largest absolute Gasteiger partial charge is 0.480 e. The van der Waals surface area contributed by atoms with E-state index in [0.29, 0.717) is 13.0 Å². The first kappa shape index (κ1) is 15.1. The first-order valence-corrected chi connectivity index (χ1v) is 7.36. The first-order valence-electron chi connectivity index (χ1n) is 7.36. The Kier molecular flexibility index (Phi) is 3.30. The van der Waals surface area contributed by atoms with Crippen molar-refractivity contribution < 1.29 is 14.7 Å². The van der Waals surface area contributed by atoms with Crippen LogP contribution in [0.3, 0.4) is 0 Å². The molecule has 20 heavy (non-hydrogen) atoms. The summed E-state index contributed by atoms with van der Waals surface area (Å²) in [6.07, 6.45) is 2.24. The summed E-state index contributed by atoms with van der Waals surface area (Å²) in [5.41, 5.74) is -0.971. The van der Waals surface area contributed by atoms with Crippen molar-refractivity contribution in [2.24, 2.45) is 10.8 Å². The summed E-state index contributed by atoms with van der Waals surface area (Å²) >= 11 is 0. The quantitative estimate of drug-likeness (QED) is 0.817. The van der Waals surface area contributed by atoms with Crippen molar-refractivity contribution in [2.45, 2.75) is 65.5 Å². The van der Waals surface area contributed by atoms with Gasteiger partial charge < -0.3 is 15.3 Å². The Bertz CT molecular complexity index is 430. The number of amides is 2. The number of hydrogen-bond donors (Lipinski definition) is 2. The van der Waals surface area contributed by atoms with Crippen LogP contribution in [-0.4, -0.2) is 40.1 Å². The highest BCUT2D eigenvalue weighted by Crippen LogP contribution is 2.62. The van der Waals surface area contributed by atoms with Gasteiger partial charge in [-0.25, -0.2) is 9.59 Å². The third kappa shape index (κ3) is 1.98. The number of aliphatic carboxylic acids is 1. The topological polar surface area (TPSA) is 69.6 Å². The van der Waals surface area contributed by atoms with Crippen LogP contribution in [0.4, 0.5) is 4.79 Å². The van der Waals surface area contributed by atoms with Crippen LogP contribution in [0.5, 0.6) is 0 Å². The molecule has 1 atom stereocenters. The van der Waals surface area contributed by atoms with Gasteiger partial charge in [0.1, 0.15) is 5.54 Å². The van der Waals surface area contributed by atoms with Gasteiger partial charge in [0.25, 0.3) is 0 Å². The van der Waals surface area contributed by atoms with Crippen LogP contribution in [0.2, 0.25) is 0 Å². The van der Waals surface area contributed by atoms with Crippen LogP contribution in [0.25, 0.3) is 0 Å². The number of piperidine rings is 1. The maximum Gasteiger partial charge on any atom is 0.329 e. The van der Waals surface area contributed by atoms with E-state index in [1.807, 2.05) is 0 Å². The van der Waals surface area contributed by atoms with E-state index in [0.717, 1.165) is 12.8 Å². The van der Waals surface area contributed by atoms with Gasteiger partial charge in [-0.15, -0.1) is 0 Å². The van der Waals surface area contributed by atoms with Gasteiger partial charge in [0, 0.05) is 12.6 Å². The van der Waals surface area contributed by atoms with E-state index in [9.17, 15) is 14.7 Å². The van der Waals surface area contributed by atoms with E-state index < -0.39 is 11.5 Å². The molecule has 2 aliphatic rings. The number of carbonyl (C=O) groups is 2. The molecule has 1 saturated carbocycles. The molecule has 2 fully saturated rings. The fourth-order valence-electron chi connectivity index (χ4n) is 3.43. The molecule has 2 rings (SSSR count). The number of rotatable bonds is 2. The second-order valence-corrected chi connectivity index (χ2v) is 7.51. The van der Waals surface area contributed by atoms with Gasteiger partial charge in [0.2, 0.25) is 0 Å². The van der Waals surface area contributed by atoms with E-state index in [1.165, 1.54) is 4.90 Å².